The summed E-state index contributed by atoms with van der Waals surface area (Å²) in [5.74, 6) is -0.341. The molecule has 0 fully saturated rings. The molecule has 0 atom stereocenters. The Labute approximate surface area is 122 Å². The molecule has 0 spiro atoms. The zero-order valence-electron chi connectivity index (χ0n) is 11.8. The Morgan fingerprint density at radius 2 is 1.67 bits per heavy atom. The number of pyridine rings is 1. The van der Waals surface area contributed by atoms with E-state index in [9.17, 15) is 9.59 Å². The molecule has 0 aliphatic heterocycles. The van der Waals surface area contributed by atoms with E-state index < -0.39 is 0 Å². The Morgan fingerprint density at radius 1 is 1.00 bits per heavy atom. The minimum atomic E-state index is -0.194. The highest BCUT2D eigenvalue weighted by molar-refractivity contribution is 6.28. The summed E-state index contributed by atoms with van der Waals surface area (Å²) in [4.78, 5) is 31.2. The maximum Gasteiger partial charge on any atom is 0.212 e. The van der Waals surface area contributed by atoms with E-state index in [1.165, 1.54) is 0 Å². The third kappa shape index (κ3) is 2.14. The van der Waals surface area contributed by atoms with Crippen LogP contribution in [0, 0.1) is 0 Å². The molecule has 0 radical (unpaired) electrons. The van der Waals surface area contributed by atoms with Gasteiger partial charge >= 0.3 is 0 Å². The van der Waals surface area contributed by atoms with Gasteiger partial charge in [0.1, 0.15) is 5.69 Å². The first-order valence-electron chi connectivity index (χ1n) is 6.61. The first kappa shape index (κ1) is 13.2. The SMILES string of the molecule is CN(C)C=Cc1ccnc2c1C(=O)c1ccccc1C2=O. The molecule has 3 rings (SSSR count). The third-order valence-electron chi connectivity index (χ3n) is 3.39. The number of benzene rings is 1. The molecule has 0 saturated heterocycles. The summed E-state index contributed by atoms with van der Waals surface area (Å²) in [6, 6.07) is 8.62. The van der Waals surface area contributed by atoms with Gasteiger partial charge in [-0.15, -0.1) is 0 Å². The van der Waals surface area contributed by atoms with Crippen molar-refractivity contribution in [2.45, 2.75) is 0 Å². The van der Waals surface area contributed by atoms with Gasteiger partial charge in [-0.1, -0.05) is 24.3 Å². The molecule has 1 aromatic heterocycles. The van der Waals surface area contributed by atoms with E-state index in [2.05, 4.69) is 4.98 Å². The molecule has 0 N–H and O–H groups in total. The largest absolute Gasteiger partial charge is 0.383 e. The minimum absolute atomic E-state index is 0.147. The number of hydrogen-bond acceptors (Lipinski definition) is 4. The summed E-state index contributed by atoms with van der Waals surface area (Å²) >= 11 is 0. The van der Waals surface area contributed by atoms with E-state index in [4.69, 9.17) is 0 Å². The van der Waals surface area contributed by atoms with Crippen LogP contribution in [0.5, 0.6) is 0 Å². The van der Waals surface area contributed by atoms with Crippen LogP contribution in [0.1, 0.15) is 37.5 Å². The molecule has 0 amide bonds. The number of nitrogens with zero attached hydrogens (tertiary/aromatic N) is 2. The van der Waals surface area contributed by atoms with Crippen molar-refractivity contribution in [3.8, 4) is 0 Å². The van der Waals surface area contributed by atoms with E-state index in [1.807, 2.05) is 31.3 Å². The molecular formula is C17H14N2O2. The van der Waals surface area contributed by atoms with Crippen LogP contribution in [0.3, 0.4) is 0 Å². The van der Waals surface area contributed by atoms with Gasteiger partial charge in [-0.2, -0.15) is 0 Å². The standard InChI is InChI=1S/C17H14N2O2/c1-19(2)10-8-11-7-9-18-15-14(11)16(20)12-5-3-4-6-13(12)17(15)21/h3-10H,1-2H3. The quantitative estimate of drug-likeness (QED) is 0.722. The fraction of sp³-hybridized carbons (Fsp3) is 0.118. The van der Waals surface area contributed by atoms with Gasteiger partial charge in [0.05, 0.1) is 5.56 Å². The van der Waals surface area contributed by atoms with Crippen LogP contribution >= 0.6 is 0 Å². The number of carbonyl (C=O) groups excluding carboxylic acids is 2. The van der Waals surface area contributed by atoms with Crippen molar-refractivity contribution in [3.63, 3.8) is 0 Å². The van der Waals surface area contributed by atoms with Crippen molar-refractivity contribution < 1.29 is 9.59 Å². The number of ketones is 2. The highest BCUT2D eigenvalue weighted by atomic mass is 16.1. The summed E-state index contributed by atoms with van der Waals surface area (Å²) in [5.41, 5.74) is 2.21. The lowest BCUT2D eigenvalue weighted by Crippen LogP contribution is -2.23. The topological polar surface area (TPSA) is 50.3 Å². The molecule has 1 aliphatic rings. The van der Waals surface area contributed by atoms with Gasteiger partial charge in [0, 0.05) is 31.4 Å². The van der Waals surface area contributed by atoms with Crippen molar-refractivity contribution in [1.29, 1.82) is 0 Å². The molecule has 0 saturated carbocycles. The average Bonchev–Trinajstić information content (AvgIpc) is 2.50. The van der Waals surface area contributed by atoms with Crippen LogP contribution in [0.15, 0.2) is 42.7 Å². The number of aromatic nitrogens is 1. The maximum absolute atomic E-state index is 12.7. The number of rotatable bonds is 2. The van der Waals surface area contributed by atoms with Gasteiger partial charge in [0.2, 0.25) is 5.78 Å². The molecule has 4 nitrogen and oxygen atoms in total. The van der Waals surface area contributed by atoms with Crippen molar-refractivity contribution in [3.05, 3.63) is 70.7 Å². The molecule has 1 aromatic carbocycles. The molecule has 1 heterocycles. The predicted molar refractivity (Wildman–Crippen MR) is 80.3 cm³/mol. The Balaban J connectivity index is 2.21. The van der Waals surface area contributed by atoms with Gasteiger partial charge in [-0.05, 0) is 23.9 Å². The second kappa shape index (κ2) is 4.98. The minimum Gasteiger partial charge on any atom is -0.383 e. The fourth-order valence-corrected chi connectivity index (χ4v) is 2.40. The second-order valence-corrected chi connectivity index (χ2v) is 5.11. The lowest BCUT2D eigenvalue weighted by molar-refractivity contribution is 0.0975. The molecule has 1 aliphatic carbocycles. The first-order valence-corrected chi connectivity index (χ1v) is 6.61. The number of carbonyl (C=O) groups is 2. The smallest absolute Gasteiger partial charge is 0.212 e. The molecule has 0 bridgehead atoms. The molecule has 104 valence electrons. The van der Waals surface area contributed by atoms with Gasteiger partial charge in [0.15, 0.2) is 5.78 Å². The van der Waals surface area contributed by atoms with Crippen molar-refractivity contribution in [2.75, 3.05) is 14.1 Å². The van der Waals surface area contributed by atoms with Crippen molar-refractivity contribution in [2.24, 2.45) is 0 Å². The van der Waals surface area contributed by atoms with Gasteiger partial charge in [-0.3, -0.25) is 14.6 Å². The van der Waals surface area contributed by atoms with E-state index in [0.717, 1.165) is 0 Å². The van der Waals surface area contributed by atoms with E-state index in [0.29, 0.717) is 22.3 Å². The Morgan fingerprint density at radius 3 is 2.33 bits per heavy atom. The number of hydrogen-bond donors (Lipinski definition) is 0. The molecule has 4 heteroatoms. The second-order valence-electron chi connectivity index (χ2n) is 5.11. The molecular weight excluding hydrogens is 264 g/mol. The highest BCUT2D eigenvalue weighted by Gasteiger charge is 2.31. The monoisotopic (exact) mass is 278 g/mol. The average molecular weight is 278 g/mol. The zero-order chi connectivity index (χ0) is 15.0. The summed E-state index contributed by atoms with van der Waals surface area (Å²) in [6.45, 7) is 0. The van der Waals surface area contributed by atoms with Crippen LogP contribution in [-0.4, -0.2) is 35.5 Å². The molecule has 0 unspecified atom stereocenters. The molecule has 21 heavy (non-hydrogen) atoms. The van der Waals surface area contributed by atoms with Crippen LogP contribution in [-0.2, 0) is 0 Å². The van der Waals surface area contributed by atoms with Crippen molar-refractivity contribution >= 4 is 17.6 Å². The van der Waals surface area contributed by atoms with E-state index in [-0.39, 0.29) is 17.3 Å². The summed E-state index contributed by atoms with van der Waals surface area (Å²) in [6.07, 6.45) is 5.22. The van der Waals surface area contributed by atoms with Crippen LogP contribution < -0.4 is 0 Å². The maximum atomic E-state index is 12.7. The van der Waals surface area contributed by atoms with Gasteiger partial charge < -0.3 is 4.90 Å². The first-order chi connectivity index (χ1) is 10.1. The Bertz CT molecular complexity index is 776. The summed E-state index contributed by atoms with van der Waals surface area (Å²) < 4.78 is 0. The summed E-state index contributed by atoms with van der Waals surface area (Å²) in [7, 11) is 3.79. The lowest BCUT2D eigenvalue weighted by atomic mass is 9.85. The Kier molecular flexibility index (Phi) is 3.14. The Hall–Kier alpha value is -2.75. The molecule has 2 aromatic rings. The lowest BCUT2D eigenvalue weighted by Gasteiger charge is -2.18. The van der Waals surface area contributed by atoms with Crippen molar-refractivity contribution in [1.82, 2.24) is 9.88 Å². The van der Waals surface area contributed by atoms with Crippen LogP contribution in [0.25, 0.3) is 6.08 Å². The van der Waals surface area contributed by atoms with Crippen LogP contribution in [0.4, 0.5) is 0 Å². The number of fused-ring (bicyclic) bond motifs is 2. The van der Waals surface area contributed by atoms with Gasteiger partial charge in [-0.25, -0.2) is 0 Å². The predicted octanol–water partition coefficient (Wildman–Crippen LogP) is 2.39. The fourth-order valence-electron chi connectivity index (χ4n) is 2.40. The highest BCUT2D eigenvalue weighted by Crippen LogP contribution is 2.28. The van der Waals surface area contributed by atoms with E-state index >= 15 is 0 Å². The normalized spacial score (nSPS) is 13.2. The van der Waals surface area contributed by atoms with Gasteiger partial charge in [0.25, 0.3) is 0 Å². The van der Waals surface area contributed by atoms with E-state index in [1.54, 1.807) is 36.5 Å². The summed E-state index contributed by atoms with van der Waals surface area (Å²) in [5, 5.41) is 0. The van der Waals surface area contributed by atoms with Crippen LogP contribution in [0.2, 0.25) is 0 Å². The zero-order valence-corrected chi connectivity index (χ0v) is 11.8. The third-order valence-corrected chi connectivity index (χ3v) is 3.39.